The number of aliphatic hydroxyl groups is 1. The zero-order valence-electron chi connectivity index (χ0n) is 8.32. The van der Waals surface area contributed by atoms with Crippen LogP contribution in [0.3, 0.4) is 0 Å². The second kappa shape index (κ2) is 4.60. The van der Waals surface area contributed by atoms with Crippen LogP contribution in [0.2, 0.25) is 5.02 Å². The summed E-state index contributed by atoms with van der Waals surface area (Å²) in [4.78, 5) is 4.10. The van der Waals surface area contributed by atoms with E-state index >= 15 is 0 Å². The molecule has 0 atom stereocenters. The van der Waals surface area contributed by atoms with Gasteiger partial charge in [0, 0.05) is 11.8 Å². The molecular weight excluding hydrogens is 229 g/mol. The highest BCUT2D eigenvalue weighted by atomic mass is 35.5. The number of nitrogens with zero attached hydrogens (tertiary/aromatic N) is 1. The standard InChI is InChI=1S/C12H9ClFNO/c13-11-4-8(7-16)6-15-12(11)9-2-1-3-10(14)5-9/h1-6,16H,7H2. The Hall–Kier alpha value is -1.45. The van der Waals surface area contributed by atoms with Crippen LogP contribution >= 0.6 is 11.6 Å². The van der Waals surface area contributed by atoms with Gasteiger partial charge in [-0.15, -0.1) is 0 Å². The van der Waals surface area contributed by atoms with Crippen molar-refractivity contribution in [3.05, 3.63) is 52.9 Å². The fourth-order valence-electron chi connectivity index (χ4n) is 1.41. The highest BCUT2D eigenvalue weighted by Gasteiger charge is 2.06. The van der Waals surface area contributed by atoms with Crippen LogP contribution in [0.4, 0.5) is 4.39 Å². The first kappa shape index (κ1) is 11.0. The van der Waals surface area contributed by atoms with E-state index in [1.807, 2.05) is 0 Å². The number of halogens is 2. The second-order valence-corrected chi connectivity index (χ2v) is 3.75. The Kier molecular flexibility index (Phi) is 3.17. The van der Waals surface area contributed by atoms with Gasteiger partial charge in [0.15, 0.2) is 0 Å². The smallest absolute Gasteiger partial charge is 0.123 e. The second-order valence-electron chi connectivity index (χ2n) is 3.34. The predicted octanol–water partition coefficient (Wildman–Crippen LogP) is 3.03. The molecule has 2 nitrogen and oxygen atoms in total. The third-order valence-corrected chi connectivity index (χ3v) is 2.47. The molecule has 0 radical (unpaired) electrons. The van der Waals surface area contributed by atoms with Crippen molar-refractivity contribution in [2.24, 2.45) is 0 Å². The number of benzene rings is 1. The Balaban J connectivity index is 2.48. The van der Waals surface area contributed by atoms with Gasteiger partial charge in [-0.3, -0.25) is 4.98 Å². The van der Waals surface area contributed by atoms with Gasteiger partial charge >= 0.3 is 0 Å². The monoisotopic (exact) mass is 237 g/mol. The number of aliphatic hydroxyl groups excluding tert-OH is 1. The summed E-state index contributed by atoms with van der Waals surface area (Å²) in [6.07, 6.45) is 1.52. The van der Waals surface area contributed by atoms with Crippen molar-refractivity contribution in [3.8, 4) is 11.3 Å². The third-order valence-electron chi connectivity index (χ3n) is 2.18. The molecule has 0 spiro atoms. The molecule has 1 aromatic heterocycles. The van der Waals surface area contributed by atoms with Gasteiger partial charge < -0.3 is 5.11 Å². The number of hydrogen-bond acceptors (Lipinski definition) is 2. The largest absolute Gasteiger partial charge is 0.392 e. The SMILES string of the molecule is OCc1cnc(-c2cccc(F)c2)c(Cl)c1. The maximum atomic E-state index is 13.0. The first-order chi connectivity index (χ1) is 7.70. The highest BCUT2D eigenvalue weighted by molar-refractivity contribution is 6.33. The third kappa shape index (κ3) is 2.21. The molecule has 16 heavy (non-hydrogen) atoms. The summed E-state index contributed by atoms with van der Waals surface area (Å²) in [5, 5.41) is 9.31. The Morgan fingerprint density at radius 3 is 2.75 bits per heavy atom. The van der Waals surface area contributed by atoms with E-state index in [1.54, 1.807) is 18.2 Å². The van der Waals surface area contributed by atoms with Crippen LogP contribution in [-0.4, -0.2) is 10.1 Å². The maximum Gasteiger partial charge on any atom is 0.123 e. The van der Waals surface area contributed by atoms with Crippen LogP contribution in [0, 0.1) is 5.82 Å². The molecule has 0 unspecified atom stereocenters. The summed E-state index contributed by atoms with van der Waals surface area (Å²) < 4.78 is 13.0. The molecule has 0 fully saturated rings. The van der Waals surface area contributed by atoms with E-state index in [-0.39, 0.29) is 12.4 Å². The Bertz CT molecular complexity index is 516. The van der Waals surface area contributed by atoms with E-state index in [0.29, 0.717) is 21.8 Å². The van der Waals surface area contributed by atoms with Crippen molar-refractivity contribution in [2.75, 3.05) is 0 Å². The highest BCUT2D eigenvalue weighted by Crippen LogP contribution is 2.26. The lowest BCUT2D eigenvalue weighted by Gasteiger charge is -2.05. The van der Waals surface area contributed by atoms with Gasteiger partial charge in [-0.25, -0.2) is 4.39 Å². The molecule has 0 bridgehead atoms. The van der Waals surface area contributed by atoms with Crippen molar-refractivity contribution in [2.45, 2.75) is 6.61 Å². The maximum absolute atomic E-state index is 13.0. The number of pyridine rings is 1. The molecule has 1 N–H and O–H groups in total. The van der Waals surface area contributed by atoms with E-state index in [1.165, 1.54) is 18.3 Å². The fraction of sp³-hybridized carbons (Fsp3) is 0.0833. The molecule has 0 aliphatic heterocycles. The zero-order valence-corrected chi connectivity index (χ0v) is 9.08. The van der Waals surface area contributed by atoms with Crippen LogP contribution in [0.5, 0.6) is 0 Å². The molecule has 0 aliphatic rings. The van der Waals surface area contributed by atoms with Gasteiger partial charge in [0.1, 0.15) is 5.82 Å². The predicted molar refractivity (Wildman–Crippen MR) is 60.6 cm³/mol. The minimum Gasteiger partial charge on any atom is -0.392 e. The summed E-state index contributed by atoms with van der Waals surface area (Å²) in [6, 6.07) is 7.68. The van der Waals surface area contributed by atoms with E-state index in [2.05, 4.69) is 4.98 Å². The van der Waals surface area contributed by atoms with E-state index in [0.717, 1.165) is 0 Å². The molecule has 0 saturated heterocycles. The van der Waals surface area contributed by atoms with Gasteiger partial charge in [0.2, 0.25) is 0 Å². The number of hydrogen-bond donors (Lipinski definition) is 1. The van der Waals surface area contributed by atoms with Crippen LogP contribution in [0.15, 0.2) is 36.5 Å². The average molecular weight is 238 g/mol. The van der Waals surface area contributed by atoms with Crippen molar-refractivity contribution in [3.63, 3.8) is 0 Å². The Morgan fingerprint density at radius 1 is 1.31 bits per heavy atom. The lowest BCUT2D eigenvalue weighted by atomic mass is 10.1. The molecule has 1 aromatic carbocycles. The molecule has 0 aliphatic carbocycles. The normalized spacial score (nSPS) is 10.4. The Morgan fingerprint density at radius 2 is 2.12 bits per heavy atom. The molecule has 82 valence electrons. The van der Waals surface area contributed by atoms with Crippen molar-refractivity contribution in [1.29, 1.82) is 0 Å². The molecule has 4 heteroatoms. The summed E-state index contributed by atoms with van der Waals surface area (Å²) in [6.45, 7) is -0.115. The first-order valence-electron chi connectivity index (χ1n) is 4.72. The lowest BCUT2D eigenvalue weighted by Crippen LogP contribution is -1.90. The van der Waals surface area contributed by atoms with Crippen LogP contribution in [0.1, 0.15) is 5.56 Å². The van der Waals surface area contributed by atoms with Gasteiger partial charge in [0.25, 0.3) is 0 Å². The minimum absolute atomic E-state index is 0.115. The van der Waals surface area contributed by atoms with Gasteiger partial charge in [-0.2, -0.15) is 0 Å². The molecular formula is C12H9ClFNO. The molecule has 0 amide bonds. The molecule has 2 rings (SSSR count). The van der Waals surface area contributed by atoms with Crippen LogP contribution in [0.25, 0.3) is 11.3 Å². The quantitative estimate of drug-likeness (QED) is 0.871. The van der Waals surface area contributed by atoms with E-state index < -0.39 is 0 Å². The van der Waals surface area contributed by atoms with Crippen molar-refractivity contribution < 1.29 is 9.50 Å². The summed E-state index contributed by atoms with van der Waals surface area (Å²) >= 11 is 6.00. The number of aromatic nitrogens is 1. The number of rotatable bonds is 2. The lowest BCUT2D eigenvalue weighted by molar-refractivity contribution is 0.281. The van der Waals surface area contributed by atoms with E-state index in [9.17, 15) is 4.39 Å². The zero-order chi connectivity index (χ0) is 11.5. The fourth-order valence-corrected chi connectivity index (χ4v) is 1.71. The van der Waals surface area contributed by atoms with Crippen molar-refractivity contribution in [1.82, 2.24) is 4.98 Å². The van der Waals surface area contributed by atoms with E-state index in [4.69, 9.17) is 16.7 Å². The van der Waals surface area contributed by atoms with Crippen molar-refractivity contribution >= 4 is 11.6 Å². The van der Waals surface area contributed by atoms with Crippen LogP contribution < -0.4 is 0 Å². The van der Waals surface area contributed by atoms with Gasteiger partial charge in [-0.05, 0) is 23.8 Å². The summed E-state index contributed by atoms with van der Waals surface area (Å²) in [5.74, 6) is -0.332. The topological polar surface area (TPSA) is 33.1 Å². The van der Waals surface area contributed by atoms with Crippen LogP contribution in [-0.2, 0) is 6.61 Å². The minimum atomic E-state index is -0.332. The Labute approximate surface area is 97.3 Å². The first-order valence-corrected chi connectivity index (χ1v) is 5.09. The molecule has 1 heterocycles. The molecule has 0 saturated carbocycles. The molecule has 2 aromatic rings. The van der Waals surface area contributed by atoms with Gasteiger partial charge in [0.05, 0.1) is 17.3 Å². The summed E-state index contributed by atoms with van der Waals surface area (Å²) in [7, 11) is 0. The van der Waals surface area contributed by atoms with Gasteiger partial charge in [-0.1, -0.05) is 23.7 Å². The average Bonchev–Trinajstić information content (AvgIpc) is 2.28. The summed E-state index contributed by atoms with van der Waals surface area (Å²) in [5.41, 5.74) is 1.76.